The van der Waals surface area contributed by atoms with Gasteiger partial charge in [-0.05, 0) is 83.5 Å². The van der Waals surface area contributed by atoms with Crippen molar-refractivity contribution in [2.24, 2.45) is 5.73 Å². The zero-order valence-corrected chi connectivity index (χ0v) is 43.6. The lowest BCUT2D eigenvalue weighted by Crippen LogP contribution is -2.40. The van der Waals surface area contributed by atoms with Crippen LogP contribution in [0.25, 0.3) is 0 Å². The maximum atomic E-state index is 13.2. The minimum Gasteiger partial charge on any atom is -0.756 e. The van der Waals surface area contributed by atoms with E-state index in [0.29, 0.717) is 17.4 Å². The van der Waals surface area contributed by atoms with Gasteiger partial charge in [0.05, 0.1) is 33.9 Å². The van der Waals surface area contributed by atoms with Gasteiger partial charge < -0.3 is 43.8 Å². The summed E-state index contributed by atoms with van der Waals surface area (Å²) in [5.41, 5.74) is 6.24. The van der Waals surface area contributed by atoms with E-state index in [1.54, 1.807) is 12.2 Å². The highest BCUT2D eigenvalue weighted by Gasteiger charge is 2.26. The molecule has 0 spiro atoms. The largest absolute Gasteiger partial charge is 0.756 e. The molecule has 0 aliphatic heterocycles. The fourth-order valence-corrected chi connectivity index (χ4v) is 7.66. The van der Waals surface area contributed by atoms with E-state index in [2.05, 4.69) is 86.8 Å². The lowest BCUT2D eigenvalue weighted by atomic mass is 10.1. The number of aliphatic carboxylic acids is 1. The molecular formula is C53H87N2O11PS. The number of phosphoric acid groups is 1. The van der Waals surface area contributed by atoms with Gasteiger partial charge >= 0.3 is 17.9 Å². The number of nitrogens with zero attached hydrogens (tertiary/aromatic N) is 1. The number of phosphoric ester groups is 1. The molecule has 0 rings (SSSR count). The third-order valence-electron chi connectivity index (χ3n) is 9.78. The Bertz CT molecular complexity index is 1650. The van der Waals surface area contributed by atoms with Crippen LogP contribution in [0.15, 0.2) is 109 Å². The molecule has 0 aromatic rings. The molecule has 0 aliphatic rings. The summed E-state index contributed by atoms with van der Waals surface area (Å²) in [5, 5.41) is 19.5. The summed E-state index contributed by atoms with van der Waals surface area (Å²) in [4.78, 5) is 49.6. The summed E-state index contributed by atoms with van der Waals surface area (Å²) in [5.74, 6) is -2.39. The van der Waals surface area contributed by atoms with Crippen molar-refractivity contribution in [3.8, 4) is 0 Å². The highest BCUT2D eigenvalue weighted by atomic mass is 32.2. The first-order chi connectivity index (χ1) is 32.6. The van der Waals surface area contributed by atoms with Gasteiger partial charge in [-0.1, -0.05) is 142 Å². The lowest BCUT2D eigenvalue weighted by Gasteiger charge is -2.28. The quantitative estimate of drug-likeness (QED) is 0.0131. The molecule has 0 saturated heterocycles. The summed E-state index contributed by atoms with van der Waals surface area (Å²) < 4.78 is 34.0. The summed E-state index contributed by atoms with van der Waals surface area (Å²) in [7, 11) is 0.827. The molecule has 0 fully saturated rings. The molecule has 0 bridgehead atoms. The Morgan fingerprint density at radius 2 is 1.28 bits per heavy atom. The van der Waals surface area contributed by atoms with E-state index in [4.69, 9.17) is 29.4 Å². The maximum absolute atomic E-state index is 13.2. The number of allylic oxidation sites excluding steroid dienone is 17. The van der Waals surface area contributed by atoms with Crippen LogP contribution in [0.3, 0.4) is 0 Å². The molecule has 0 heterocycles. The number of rotatable bonds is 43. The highest BCUT2D eigenvalue weighted by molar-refractivity contribution is 8.00. The third-order valence-corrected chi connectivity index (χ3v) is 12.1. The van der Waals surface area contributed by atoms with Crippen molar-refractivity contribution in [2.45, 2.75) is 153 Å². The Balaban J connectivity index is 5.24. The summed E-state index contributed by atoms with van der Waals surface area (Å²) in [6, 6.07) is -1.21. The van der Waals surface area contributed by atoms with Crippen LogP contribution in [-0.2, 0) is 37.5 Å². The van der Waals surface area contributed by atoms with Crippen LogP contribution in [0.5, 0.6) is 0 Å². The number of thioether (sulfide) groups is 1. The molecule has 5 atom stereocenters. The molecule has 0 radical (unpaired) electrons. The summed E-state index contributed by atoms with van der Waals surface area (Å²) in [6.07, 6.45) is 48.8. The topological polar surface area (TPSA) is 195 Å². The van der Waals surface area contributed by atoms with Crippen molar-refractivity contribution in [1.82, 2.24) is 0 Å². The molecule has 1 unspecified atom stereocenters. The number of hydrogen-bond donors (Lipinski definition) is 3. The number of aliphatic hydroxyl groups excluding tert-OH is 1. The predicted molar refractivity (Wildman–Crippen MR) is 278 cm³/mol. The van der Waals surface area contributed by atoms with Gasteiger partial charge in [0.25, 0.3) is 7.82 Å². The highest BCUT2D eigenvalue weighted by Crippen LogP contribution is 2.38. The number of quaternary nitrogens is 1. The fraction of sp³-hybridized carbons (Fsp3) is 0.604. The molecular weight excluding hydrogens is 904 g/mol. The lowest BCUT2D eigenvalue weighted by molar-refractivity contribution is -0.870. The zero-order chi connectivity index (χ0) is 50.6. The molecule has 68 heavy (non-hydrogen) atoms. The number of ether oxygens (including phenoxy) is 2. The Kier molecular flexibility index (Phi) is 41.1. The van der Waals surface area contributed by atoms with E-state index in [0.717, 1.165) is 64.2 Å². The number of aliphatic hydroxyl groups is 1. The molecule has 0 amide bonds. The van der Waals surface area contributed by atoms with Crippen LogP contribution in [0.4, 0.5) is 0 Å². The van der Waals surface area contributed by atoms with Gasteiger partial charge in [-0.2, -0.15) is 0 Å². The average molecular weight is 991 g/mol. The van der Waals surface area contributed by atoms with Crippen molar-refractivity contribution in [2.75, 3.05) is 53.3 Å². The smallest absolute Gasteiger partial charge is 0.324 e. The Hall–Kier alpha value is -3.59. The van der Waals surface area contributed by atoms with Crippen molar-refractivity contribution >= 4 is 37.5 Å². The van der Waals surface area contributed by atoms with Gasteiger partial charge in [-0.25, -0.2) is 0 Å². The Morgan fingerprint density at radius 1 is 0.706 bits per heavy atom. The van der Waals surface area contributed by atoms with Crippen molar-refractivity contribution in [1.29, 1.82) is 0 Å². The van der Waals surface area contributed by atoms with Gasteiger partial charge in [0, 0.05) is 23.8 Å². The van der Waals surface area contributed by atoms with Gasteiger partial charge in [-0.3, -0.25) is 18.9 Å². The van der Waals surface area contributed by atoms with Gasteiger partial charge in [-0.15, -0.1) is 11.8 Å². The number of carboxylic acids is 1. The number of likely N-dealkylation sites (N-methyl/N-ethyl adjacent to an activating group) is 1. The monoisotopic (exact) mass is 991 g/mol. The van der Waals surface area contributed by atoms with Crippen LogP contribution in [-0.4, -0.2) is 109 Å². The number of carbonyl (C=O) groups excluding carboxylic acids is 2. The molecule has 13 nitrogen and oxygen atoms in total. The van der Waals surface area contributed by atoms with E-state index in [-0.39, 0.29) is 38.0 Å². The standard InChI is InChI=1S/C53H87N2O11PS/c1-6-8-10-12-14-16-18-20-21-22-23-24-25-26-28-30-32-34-36-41-52(59)63-44-47(45-65-67(61,62)64-43-42-55(3,4)5)66-53(60)48(54)46-68-50(49(56)38-37-40-51(57)58)39-35-33-31-29-27-19-17-15-13-11-9-7-2/h8,10,14-17,20-21,23-24,26-29,31,33,35,39,47-50,56H,6-7,9,11-13,18-19,22,25,30,32,34,36-38,40-46,54H2,1-5H3,(H-,57,58,61,62)/b10-8-,16-14-,17-15-,21-20-,24-23-,28-26-,29-27-,33-31+,39-35+/t47-,48+,49+,50-/m1/s1. The number of hydrogen-bond acceptors (Lipinski definition) is 12. The number of esters is 2. The van der Waals surface area contributed by atoms with Gasteiger partial charge in [0.15, 0.2) is 6.10 Å². The third kappa shape index (κ3) is 43.7. The summed E-state index contributed by atoms with van der Waals surface area (Å²) in [6.45, 7) is 3.43. The zero-order valence-electron chi connectivity index (χ0n) is 41.9. The van der Waals surface area contributed by atoms with Gasteiger partial charge in [0.2, 0.25) is 0 Å². The Morgan fingerprint density at radius 3 is 1.87 bits per heavy atom. The molecule has 4 N–H and O–H groups in total. The van der Waals surface area contributed by atoms with Crippen LogP contribution in [0.1, 0.15) is 129 Å². The molecule has 386 valence electrons. The molecule has 0 aromatic carbocycles. The van der Waals surface area contributed by atoms with E-state index >= 15 is 0 Å². The maximum Gasteiger partial charge on any atom is 0.324 e. The van der Waals surface area contributed by atoms with Crippen molar-refractivity contribution in [3.63, 3.8) is 0 Å². The summed E-state index contributed by atoms with van der Waals surface area (Å²) >= 11 is 1.19. The minimum absolute atomic E-state index is 0.000755. The molecule has 0 saturated carbocycles. The second-order valence-electron chi connectivity index (χ2n) is 17.3. The first-order valence-electron chi connectivity index (χ1n) is 24.5. The van der Waals surface area contributed by atoms with E-state index < -0.39 is 62.4 Å². The fourth-order valence-electron chi connectivity index (χ4n) is 5.81. The Labute approximate surface area is 414 Å². The van der Waals surface area contributed by atoms with Crippen molar-refractivity contribution < 1.29 is 57.1 Å². The molecule has 0 aliphatic carbocycles. The van der Waals surface area contributed by atoms with E-state index in [9.17, 15) is 28.9 Å². The second-order valence-corrected chi connectivity index (χ2v) is 19.9. The van der Waals surface area contributed by atoms with Crippen LogP contribution >= 0.6 is 19.6 Å². The average Bonchev–Trinajstić information content (AvgIpc) is 3.28. The second kappa shape index (κ2) is 43.4. The SMILES string of the molecule is CC/C=C\C/C=C\C/C=C\C/C=C\C/C=C\CCCCCC(=O)OC[C@H](COP(=O)([O-])OCC[N+](C)(C)C)OC(=O)[C@@H](N)CS[C@H](/C=C/C=C/C=C\C/C=C\CCCCC)[C@@H](O)CCCC(=O)O. The van der Waals surface area contributed by atoms with Crippen molar-refractivity contribution in [3.05, 3.63) is 109 Å². The normalized spacial score (nSPS) is 15.6. The van der Waals surface area contributed by atoms with Crippen LogP contribution < -0.4 is 10.6 Å². The van der Waals surface area contributed by atoms with E-state index in [1.807, 2.05) is 45.4 Å². The van der Waals surface area contributed by atoms with E-state index in [1.165, 1.54) is 31.0 Å². The first kappa shape index (κ1) is 64.4. The van der Waals surface area contributed by atoms with Crippen LogP contribution in [0.2, 0.25) is 0 Å². The number of carbonyl (C=O) groups is 3. The minimum atomic E-state index is -4.81. The predicted octanol–water partition coefficient (Wildman–Crippen LogP) is 10.6. The number of unbranched alkanes of at least 4 members (excludes halogenated alkanes) is 6. The molecule has 15 heteroatoms. The van der Waals surface area contributed by atoms with Crippen LogP contribution in [0, 0.1) is 0 Å². The van der Waals surface area contributed by atoms with Gasteiger partial charge in [0.1, 0.15) is 25.8 Å². The molecule has 0 aromatic heterocycles. The first-order valence-corrected chi connectivity index (χ1v) is 27.0. The number of carboxylic acid groups (broad SMARTS) is 1. The number of nitrogens with two attached hydrogens (primary N) is 1.